The second-order valence-corrected chi connectivity index (χ2v) is 3.19. The number of aryl methyl sites for hydroxylation is 2. The minimum Gasteiger partial charge on any atom is -0.385 e. The molecule has 0 saturated heterocycles. The van der Waals surface area contributed by atoms with Gasteiger partial charge in [0.15, 0.2) is 0 Å². The molecule has 1 heterocycles. The molecule has 0 aliphatic carbocycles. The van der Waals surface area contributed by atoms with Gasteiger partial charge in [-0.05, 0) is 25.1 Å². The van der Waals surface area contributed by atoms with E-state index in [1.165, 1.54) is 16.5 Å². The average molecular weight is 160 g/mol. The van der Waals surface area contributed by atoms with Crippen molar-refractivity contribution in [1.82, 2.24) is 4.57 Å². The number of fused-ring (bicyclic) bond motifs is 1. The Morgan fingerprint density at radius 3 is 2.75 bits per heavy atom. The average Bonchev–Trinajstić information content (AvgIpc) is 2.28. The number of aromatic nitrogens is 1. The number of nitrogens with two attached hydrogens (primary N) is 1. The quantitative estimate of drug-likeness (QED) is 0.628. The van der Waals surface area contributed by atoms with Crippen molar-refractivity contribution >= 4 is 16.7 Å². The molecule has 0 spiro atoms. The van der Waals surface area contributed by atoms with E-state index < -0.39 is 0 Å². The van der Waals surface area contributed by atoms with Gasteiger partial charge in [0.25, 0.3) is 0 Å². The zero-order valence-electron chi connectivity index (χ0n) is 7.33. The summed E-state index contributed by atoms with van der Waals surface area (Å²) in [6.07, 6.45) is 0. The SMILES string of the molecule is Cc1ccc2c(c1)cc(N)n2C. The molecular weight excluding hydrogens is 148 g/mol. The lowest BCUT2D eigenvalue weighted by Gasteiger charge is -1.97. The van der Waals surface area contributed by atoms with E-state index in [0.717, 1.165) is 5.82 Å². The highest BCUT2D eigenvalue weighted by Crippen LogP contribution is 2.20. The summed E-state index contributed by atoms with van der Waals surface area (Å²) in [5, 5.41) is 1.22. The fourth-order valence-electron chi connectivity index (χ4n) is 1.49. The molecule has 0 bridgehead atoms. The molecule has 0 unspecified atom stereocenters. The van der Waals surface area contributed by atoms with Crippen molar-refractivity contribution in [1.29, 1.82) is 0 Å². The van der Waals surface area contributed by atoms with Gasteiger partial charge in [0, 0.05) is 18.0 Å². The van der Waals surface area contributed by atoms with Gasteiger partial charge in [-0.15, -0.1) is 0 Å². The Bertz CT molecular complexity index is 427. The molecule has 2 heteroatoms. The van der Waals surface area contributed by atoms with Crippen LogP contribution in [0, 0.1) is 6.92 Å². The molecular formula is C10H12N2. The van der Waals surface area contributed by atoms with E-state index in [9.17, 15) is 0 Å². The Balaban J connectivity index is 2.87. The van der Waals surface area contributed by atoms with Crippen molar-refractivity contribution in [3.05, 3.63) is 29.8 Å². The van der Waals surface area contributed by atoms with E-state index in [-0.39, 0.29) is 0 Å². The van der Waals surface area contributed by atoms with Crippen molar-refractivity contribution in [2.45, 2.75) is 6.92 Å². The van der Waals surface area contributed by atoms with Crippen molar-refractivity contribution < 1.29 is 0 Å². The van der Waals surface area contributed by atoms with Crippen molar-refractivity contribution in [3.63, 3.8) is 0 Å². The molecule has 0 radical (unpaired) electrons. The summed E-state index contributed by atoms with van der Waals surface area (Å²) in [7, 11) is 1.98. The van der Waals surface area contributed by atoms with E-state index in [1.54, 1.807) is 0 Å². The zero-order chi connectivity index (χ0) is 8.72. The van der Waals surface area contributed by atoms with Crippen LogP contribution in [-0.4, -0.2) is 4.57 Å². The number of anilines is 1. The summed E-state index contributed by atoms with van der Waals surface area (Å²) in [5.74, 6) is 0.815. The Labute approximate surface area is 71.6 Å². The van der Waals surface area contributed by atoms with Crippen LogP contribution >= 0.6 is 0 Å². The van der Waals surface area contributed by atoms with Crippen LogP contribution in [-0.2, 0) is 7.05 Å². The number of benzene rings is 1. The molecule has 0 fully saturated rings. The first kappa shape index (κ1) is 7.22. The van der Waals surface area contributed by atoms with Crippen LogP contribution in [0.25, 0.3) is 10.9 Å². The molecule has 2 N–H and O–H groups in total. The monoisotopic (exact) mass is 160 g/mol. The molecule has 0 aliphatic heterocycles. The molecule has 2 aromatic rings. The highest BCUT2D eigenvalue weighted by atomic mass is 15.0. The third-order valence-electron chi connectivity index (χ3n) is 2.24. The molecule has 1 aromatic carbocycles. The van der Waals surface area contributed by atoms with Gasteiger partial charge in [-0.2, -0.15) is 0 Å². The van der Waals surface area contributed by atoms with Crippen molar-refractivity contribution in [3.8, 4) is 0 Å². The summed E-state index contributed by atoms with van der Waals surface area (Å²) >= 11 is 0. The van der Waals surface area contributed by atoms with Gasteiger partial charge in [-0.1, -0.05) is 11.6 Å². The van der Waals surface area contributed by atoms with Crippen LogP contribution in [0.3, 0.4) is 0 Å². The first-order chi connectivity index (χ1) is 5.68. The first-order valence-electron chi connectivity index (χ1n) is 4.00. The lowest BCUT2D eigenvalue weighted by molar-refractivity contribution is 0.983. The molecule has 1 aromatic heterocycles. The number of rotatable bonds is 0. The van der Waals surface area contributed by atoms with Gasteiger partial charge in [-0.3, -0.25) is 0 Å². The predicted octanol–water partition coefficient (Wildman–Crippen LogP) is 2.07. The molecule has 2 rings (SSSR count). The summed E-state index contributed by atoms with van der Waals surface area (Å²) in [6, 6.07) is 8.34. The molecule has 0 amide bonds. The Morgan fingerprint density at radius 1 is 1.25 bits per heavy atom. The summed E-state index contributed by atoms with van der Waals surface area (Å²) in [5.41, 5.74) is 8.23. The van der Waals surface area contributed by atoms with Crippen molar-refractivity contribution in [2.75, 3.05) is 5.73 Å². The van der Waals surface area contributed by atoms with Crippen LogP contribution in [0.15, 0.2) is 24.3 Å². The van der Waals surface area contributed by atoms with Crippen LogP contribution in [0.4, 0.5) is 5.82 Å². The molecule has 62 valence electrons. The highest BCUT2D eigenvalue weighted by molar-refractivity contribution is 5.84. The lowest BCUT2D eigenvalue weighted by atomic mass is 10.2. The Hall–Kier alpha value is -1.44. The van der Waals surface area contributed by atoms with Gasteiger partial charge >= 0.3 is 0 Å². The largest absolute Gasteiger partial charge is 0.385 e. The fraction of sp³-hybridized carbons (Fsp3) is 0.200. The van der Waals surface area contributed by atoms with Crippen LogP contribution in [0.5, 0.6) is 0 Å². The van der Waals surface area contributed by atoms with Gasteiger partial charge < -0.3 is 10.3 Å². The van der Waals surface area contributed by atoms with E-state index in [2.05, 4.69) is 25.1 Å². The third-order valence-corrected chi connectivity index (χ3v) is 2.24. The maximum absolute atomic E-state index is 5.77. The zero-order valence-corrected chi connectivity index (χ0v) is 7.33. The number of nitrogens with zero attached hydrogens (tertiary/aromatic N) is 1. The molecule has 0 aliphatic rings. The van der Waals surface area contributed by atoms with Crippen LogP contribution < -0.4 is 5.73 Å². The fourth-order valence-corrected chi connectivity index (χ4v) is 1.49. The van der Waals surface area contributed by atoms with Gasteiger partial charge in [0.2, 0.25) is 0 Å². The maximum atomic E-state index is 5.77. The second kappa shape index (κ2) is 2.27. The summed E-state index contributed by atoms with van der Waals surface area (Å²) in [4.78, 5) is 0. The Morgan fingerprint density at radius 2 is 2.00 bits per heavy atom. The minimum absolute atomic E-state index is 0.815. The molecule has 12 heavy (non-hydrogen) atoms. The van der Waals surface area contributed by atoms with Crippen molar-refractivity contribution in [2.24, 2.45) is 7.05 Å². The maximum Gasteiger partial charge on any atom is 0.104 e. The van der Waals surface area contributed by atoms with Crippen LogP contribution in [0.2, 0.25) is 0 Å². The molecule has 2 nitrogen and oxygen atoms in total. The van der Waals surface area contributed by atoms with Crippen LogP contribution in [0.1, 0.15) is 5.56 Å². The third kappa shape index (κ3) is 0.881. The lowest BCUT2D eigenvalue weighted by Crippen LogP contribution is -1.94. The minimum atomic E-state index is 0.815. The normalized spacial score (nSPS) is 10.8. The molecule has 0 saturated carbocycles. The van der Waals surface area contributed by atoms with Gasteiger partial charge in [0.1, 0.15) is 5.82 Å². The smallest absolute Gasteiger partial charge is 0.104 e. The van der Waals surface area contributed by atoms with Gasteiger partial charge in [0.05, 0.1) is 0 Å². The Kier molecular flexibility index (Phi) is 1.37. The standard InChI is InChI=1S/C10H12N2/c1-7-3-4-9-8(5-7)6-10(11)12(9)2/h3-6H,11H2,1-2H3. The van der Waals surface area contributed by atoms with E-state index >= 15 is 0 Å². The predicted molar refractivity (Wildman–Crippen MR) is 52.1 cm³/mol. The number of nitrogen functional groups attached to an aromatic ring is 1. The van der Waals surface area contributed by atoms with Gasteiger partial charge in [-0.25, -0.2) is 0 Å². The topological polar surface area (TPSA) is 30.9 Å². The summed E-state index contributed by atoms with van der Waals surface area (Å²) in [6.45, 7) is 2.09. The van der Waals surface area contributed by atoms with E-state index in [1.807, 2.05) is 17.7 Å². The van der Waals surface area contributed by atoms with E-state index in [0.29, 0.717) is 0 Å². The highest BCUT2D eigenvalue weighted by Gasteiger charge is 2.01. The molecule has 0 atom stereocenters. The first-order valence-corrected chi connectivity index (χ1v) is 4.00. The number of hydrogen-bond acceptors (Lipinski definition) is 1. The summed E-state index contributed by atoms with van der Waals surface area (Å²) < 4.78 is 1.99. The second-order valence-electron chi connectivity index (χ2n) is 3.19. The number of hydrogen-bond donors (Lipinski definition) is 1. The van der Waals surface area contributed by atoms with E-state index in [4.69, 9.17) is 5.73 Å².